The topological polar surface area (TPSA) is 115 Å². The van der Waals surface area contributed by atoms with E-state index in [-0.39, 0.29) is 35.4 Å². The molecule has 12 heteroatoms. The van der Waals surface area contributed by atoms with Gasteiger partial charge in [-0.1, -0.05) is 37.8 Å². The summed E-state index contributed by atoms with van der Waals surface area (Å²) in [5.74, 6) is -0.573. The fourth-order valence-corrected chi connectivity index (χ4v) is 5.79. The zero-order valence-corrected chi connectivity index (χ0v) is 24.0. The molecule has 6 heterocycles. The van der Waals surface area contributed by atoms with Crippen LogP contribution in [0.1, 0.15) is 50.6 Å². The monoisotopic (exact) mass is 569 g/mol. The van der Waals surface area contributed by atoms with Gasteiger partial charge in [-0.3, -0.25) is 9.78 Å². The Balaban J connectivity index is 1.66. The van der Waals surface area contributed by atoms with Crippen LogP contribution in [0.2, 0.25) is 0 Å². The van der Waals surface area contributed by atoms with Gasteiger partial charge in [0.2, 0.25) is 5.91 Å². The number of carbonyl (C=O) groups excluding carboxylic acids is 1. The van der Waals surface area contributed by atoms with E-state index in [1.54, 1.807) is 17.3 Å². The molecule has 0 unspecified atom stereocenters. The van der Waals surface area contributed by atoms with E-state index in [1.165, 1.54) is 21.4 Å². The molecule has 0 aromatic carbocycles. The van der Waals surface area contributed by atoms with Crippen molar-refractivity contribution in [3.8, 4) is 11.5 Å². The van der Waals surface area contributed by atoms with Crippen molar-refractivity contribution in [3.63, 3.8) is 0 Å². The summed E-state index contributed by atoms with van der Waals surface area (Å²) in [7, 11) is 0. The largest absolute Gasteiger partial charge is 0.355 e. The van der Waals surface area contributed by atoms with E-state index < -0.39 is 11.5 Å². The van der Waals surface area contributed by atoms with Crippen molar-refractivity contribution < 1.29 is 9.18 Å². The Labute approximate surface area is 242 Å². The number of carbonyl (C=O) groups is 1. The average molecular weight is 570 g/mol. The Morgan fingerprint density at radius 2 is 1.90 bits per heavy atom. The number of rotatable bonds is 3. The van der Waals surface area contributed by atoms with E-state index in [0.29, 0.717) is 54.2 Å². The summed E-state index contributed by atoms with van der Waals surface area (Å²) < 4.78 is 18.6. The molecule has 2 atom stereocenters. The number of amides is 1. The first-order chi connectivity index (χ1) is 20.2. The second kappa shape index (κ2) is 10.6. The van der Waals surface area contributed by atoms with Crippen molar-refractivity contribution >= 4 is 22.8 Å². The molecule has 0 spiro atoms. The van der Waals surface area contributed by atoms with Crippen LogP contribution >= 0.6 is 0 Å². The first kappa shape index (κ1) is 27.4. The van der Waals surface area contributed by atoms with Gasteiger partial charge in [-0.2, -0.15) is 9.67 Å². The highest BCUT2D eigenvalue weighted by atomic mass is 19.1. The van der Waals surface area contributed by atoms with Crippen LogP contribution in [0.5, 0.6) is 0 Å². The fraction of sp³-hybridized carbons (Fsp3) is 0.367. The van der Waals surface area contributed by atoms with Crippen LogP contribution < -0.4 is 10.6 Å². The van der Waals surface area contributed by atoms with Gasteiger partial charge in [-0.15, -0.1) is 5.10 Å². The van der Waals surface area contributed by atoms with Gasteiger partial charge in [-0.25, -0.2) is 18.7 Å². The molecule has 0 N–H and O–H groups in total. The number of hydrogen-bond donors (Lipinski definition) is 0. The lowest BCUT2D eigenvalue weighted by Gasteiger charge is -2.44. The summed E-state index contributed by atoms with van der Waals surface area (Å²) in [5, 5.41) is 8.67. The number of anilines is 1. The van der Waals surface area contributed by atoms with Crippen molar-refractivity contribution in [1.82, 2.24) is 39.4 Å². The summed E-state index contributed by atoms with van der Waals surface area (Å²) in [6, 6.07) is 2.84. The lowest BCUT2D eigenvalue weighted by molar-refractivity contribution is -0.128. The Morgan fingerprint density at radius 1 is 1.12 bits per heavy atom. The molecule has 4 bridgehead atoms. The van der Waals surface area contributed by atoms with Gasteiger partial charge in [-0.05, 0) is 50.0 Å². The van der Waals surface area contributed by atoms with Crippen LogP contribution in [0.25, 0.3) is 22.5 Å². The van der Waals surface area contributed by atoms with E-state index in [2.05, 4.69) is 26.9 Å². The van der Waals surface area contributed by atoms with E-state index in [4.69, 9.17) is 4.98 Å². The van der Waals surface area contributed by atoms with Crippen molar-refractivity contribution in [3.05, 3.63) is 82.6 Å². The quantitative estimate of drug-likeness (QED) is 0.273. The smallest absolute Gasteiger partial charge is 0.349 e. The molecule has 11 nitrogen and oxygen atoms in total. The van der Waals surface area contributed by atoms with E-state index in [9.17, 15) is 9.59 Å². The number of nitrogens with zero attached hydrogens (tertiary/aromatic N) is 9. The van der Waals surface area contributed by atoms with E-state index in [1.807, 2.05) is 50.8 Å². The zero-order chi connectivity index (χ0) is 29.7. The average Bonchev–Trinajstić information content (AvgIpc) is 3.44. The van der Waals surface area contributed by atoms with Gasteiger partial charge in [0.1, 0.15) is 5.82 Å². The number of aromatic nitrogens is 7. The molecule has 0 saturated carbocycles. The van der Waals surface area contributed by atoms with Gasteiger partial charge in [0.15, 0.2) is 17.3 Å². The molecule has 0 aliphatic carbocycles. The molecule has 1 amide bonds. The third-order valence-electron chi connectivity index (χ3n) is 7.89. The summed E-state index contributed by atoms with van der Waals surface area (Å²) >= 11 is 0. The van der Waals surface area contributed by atoms with Gasteiger partial charge < -0.3 is 9.80 Å². The number of halogens is 1. The lowest BCUT2D eigenvalue weighted by Crippen LogP contribution is -2.58. The van der Waals surface area contributed by atoms with Crippen LogP contribution in [-0.4, -0.2) is 70.5 Å². The summed E-state index contributed by atoms with van der Waals surface area (Å²) in [6.45, 7) is 12.3. The zero-order valence-electron chi connectivity index (χ0n) is 24.0. The maximum absolute atomic E-state index is 15.9. The molecule has 6 rings (SSSR count). The Hall–Kier alpha value is -4.74. The van der Waals surface area contributed by atoms with Crippen LogP contribution in [-0.2, 0) is 17.6 Å². The summed E-state index contributed by atoms with van der Waals surface area (Å²) in [4.78, 5) is 44.2. The molecule has 4 aromatic rings. The molecule has 2 aliphatic heterocycles. The number of hydrogen-bond acceptors (Lipinski definition) is 8. The van der Waals surface area contributed by atoms with Gasteiger partial charge in [0.05, 0.1) is 28.7 Å². The van der Waals surface area contributed by atoms with Crippen molar-refractivity contribution in [2.24, 2.45) is 0 Å². The van der Waals surface area contributed by atoms with Crippen LogP contribution in [0.3, 0.4) is 0 Å². The van der Waals surface area contributed by atoms with Crippen LogP contribution in [0.15, 0.2) is 54.1 Å². The highest BCUT2D eigenvalue weighted by Gasteiger charge is 2.34. The van der Waals surface area contributed by atoms with Gasteiger partial charge in [0, 0.05) is 37.8 Å². The molecule has 4 aromatic heterocycles. The Kier molecular flexibility index (Phi) is 6.91. The van der Waals surface area contributed by atoms with Gasteiger partial charge >= 0.3 is 5.69 Å². The minimum Gasteiger partial charge on any atom is -0.349 e. The highest BCUT2D eigenvalue weighted by Crippen LogP contribution is 2.33. The molecular formula is C30H32FN9O2. The first-order valence-corrected chi connectivity index (χ1v) is 14.1. The maximum Gasteiger partial charge on any atom is 0.355 e. The minimum atomic E-state index is -0.630. The molecular weight excluding hydrogens is 537 g/mol. The van der Waals surface area contributed by atoms with E-state index >= 15 is 4.39 Å². The van der Waals surface area contributed by atoms with Crippen molar-refractivity contribution in [2.45, 2.75) is 58.5 Å². The molecule has 0 radical (unpaired) electrons. The third-order valence-corrected chi connectivity index (χ3v) is 7.89. The predicted octanol–water partition coefficient (Wildman–Crippen LogP) is 3.29. The third kappa shape index (κ3) is 4.56. The lowest BCUT2D eigenvalue weighted by atomic mass is 10.0. The predicted molar refractivity (Wildman–Crippen MR) is 157 cm³/mol. The van der Waals surface area contributed by atoms with E-state index in [0.717, 1.165) is 5.56 Å². The Bertz CT molecular complexity index is 1810. The molecule has 1 saturated heterocycles. The van der Waals surface area contributed by atoms with Crippen molar-refractivity contribution in [2.75, 3.05) is 18.0 Å². The highest BCUT2D eigenvalue weighted by molar-refractivity contribution is 5.90. The summed E-state index contributed by atoms with van der Waals surface area (Å²) in [6.07, 6.45) is 9.71. The molecule has 216 valence electrons. The standard InChI is InChI=1S/C30H32FN9O2/c1-6-24(41)37-14-19(5)38(15-18(37)4)27-22-13-23(31)29-33-28(22)40(30(42)34-27)26-20(11-12-32-25(26)17(2)3)9-7-8-10-21-16-39(29)36-35-21/h6-8,11-13,16-19H,1,9-10,14-15H2,2-5H3/b8-7-/t18-,19+/m1/s1. The second-order valence-corrected chi connectivity index (χ2v) is 11.2. The van der Waals surface area contributed by atoms with Crippen LogP contribution in [0, 0.1) is 5.82 Å². The number of piperazine rings is 1. The molecule has 42 heavy (non-hydrogen) atoms. The molecule has 2 aliphatic rings. The number of allylic oxidation sites excluding steroid dienone is 2. The minimum absolute atomic E-state index is 0.0186. The number of pyridine rings is 2. The fourth-order valence-electron chi connectivity index (χ4n) is 5.79. The first-order valence-electron chi connectivity index (χ1n) is 14.1. The SMILES string of the molecule is C=CC(=O)N1C[C@H](C)N(c2nc(=O)n3c4nc(c(F)cc24)-n2cc(nn2)C/C=C\Cc2ccnc(C(C)C)c2-3)C[C@H]1C. The normalized spacial score (nSPS) is 19.3. The van der Waals surface area contributed by atoms with Crippen molar-refractivity contribution in [1.29, 1.82) is 0 Å². The maximum atomic E-state index is 15.9. The second-order valence-electron chi connectivity index (χ2n) is 11.2. The Morgan fingerprint density at radius 3 is 2.67 bits per heavy atom. The number of fused-ring (bicyclic) bond motifs is 6. The van der Waals surface area contributed by atoms with Gasteiger partial charge in [0.25, 0.3) is 0 Å². The molecule has 1 fully saturated rings. The summed E-state index contributed by atoms with van der Waals surface area (Å²) in [5.41, 5.74) is 2.52. The van der Waals surface area contributed by atoms with Crippen LogP contribution in [0.4, 0.5) is 10.2 Å².